The number of benzene rings is 3. The van der Waals surface area contributed by atoms with Crippen LogP contribution in [0, 0.1) is 17.5 Å². The van der Waals surface area contributed by atoms with Crippen molar-refractivity contribution in [3.63, 3.8) is 0 Å². The first-order valence-corrected chi connectivity index (χ1v) is 15.2. The Kier molecular flexibility index (Phi) is 9.24. The monoisotopic (exact) mass is 653 g/mol. The lowest BCUT2D eigenvalue weighted by atomic mass is 10.0. The Hall–Kier alpha value is -5.91. The number of aliphatic hydroxyl groups excluding tert-OH is 1. The van der Waals surface area contributed by atoms with E-state index in [4.69, 9.17) is 0 Å². The van der Waals surface area contributed by atoms with E-state index >= 15 is 0 Å². The predicted molar refractivity (Wildman–Crippen MR) is 173 cm³/mol. The summed E-state index contributed by atoms with van der Waals surface area (Å²) >= 11 is 0. The van der Waals surface area contributed by atoms with Crippen molar-refractivity contribution in [2.75, 3.05) is 31.1 Å². The van der Waals surface area contributed by atoms with Gasteiger partial charge in [0.1, 0.15) is 23.2 Å². The van der Waals surface area contributed by atoms with Gasteiger partial charge in [0.2, 0.25) is 5.78 Å². The van der Waals surface area contributed by atoms with Crippen LogP contribution in [0.4, 0.5) is 18.9 Å². The van der Waals surface area contributed by atoms with Crippen molar-refractivity contribution in [3.05, 3.63) is 154 Å². The molecule has 9 nitrogen and oxygen atoms in total. The van der Waals surface area contributed by atoms with Crippen LogP contribution in [0.5, 0.6) is 0 Å². The summed E-state index contributed by atoms with van der Waals surface area (Å²) in [5.74, 6) is -4.90. The molecule has 3 heterocycles. The molecule has 1 saturated heterocycles. The minimum Gasteiger partial charge on any atom is -0.507 e. The van der Waals surface area contributed by atoms with Crippen LogP contribution >= 0.6 is 0 Å². The molecule has 0 radical (unpaired) electrons. The number of aromatic nitrogens is 3. The van der Waals surface area contributed by atoms with E-state index < -0.39 is 40.5 Å². The number of ketones is 1. The molecule has 244 valence electrons. The van der Waals surface area contributed by atoms with Crippen LogP contribution in [-0.4, -0.2) is 62.2 Å². The minimum absolute atomic E-state index is 0.155. The predicted octanol–water partition coefficient (Wildman–Crippen LogP) is 4.91. The zero-order valence-corrected chi connectivity index (χ0v) is 25.6. The summed E-state index contributed by atoms with van der Waals surface area (Å²) in [6, 6.07) is 20.0. The molecule has 1 amide bonds. The summed E-state index contributed by atoms with van der Waals surface area (Å²) in [7, 11) is 0. The van der Waals surface area contributed by atoms with Crippen molar-refractivity contribution >= 4 is 23.1 Å². The fourth-order valence-electron chi connectivity index (χ4n) is 5.64. The Morgan fingerprint density at radius 1 is 0.833 bits per heavy atom. The fourth-order valence-corrected chi connectivity index (χ4v) is 5.64. The second-order valence-corrected chi connectivity index (χ2v) is 11.3. The number of amides is 1. The van der Waals surface area contributed by atoms with Crippen LogP contribution < -0.4 is 10.5 Å². The van der Waals surface area contributed by atoms with Gasteiger partial charge in [-0.25, -0.2) is 17.9 Å². The molecule has 0 aliphatic carbocycles. The largest absolute Gasteiger partial charge is 0.507 e. The Bertz CT molecular complexity index is 2030. The van der Waals surface area contributed by atoms with E-state index in [2.05, 4.69) is 10.00 Å². The van der Waals surface area contributed by atoms with Gasteiger partial charge >= 0.3 is 0 Å². The molecule has 0 atom stereocenters. The number of hydrogen-bond acceptors (Lipinski definition) is 6. The standard InChI is InChI=1S/C36H30F3N5O4/c37-30-6-2-1-5-25(30)23-43-22-24(19-28-31(38)7-3-8-32(28)39)20-29(35(43)47)33(45)21-34(46)36(48)42-17-15-41(16-18-42)26-9-11-27(12-10-26)44-14-4-13-40-44/h1-14,20-22,45H,15-19,23H2. The zero-order valence-electron chi connectivity index (χ0n) is 25.6. The number of halogens is 3. The van der Waals surface area contributed by atoms with Gasteiger partial charge in [-0.2, -0.15) is 5.10 Å². The highest BCUT2D eigenvalue weighted by Gasteiger charge is 2.26. The zero-order chi connectivity index (χ0) is 33.8. The molecule has 2 aromatic heterocycles. The smallest absolute Gasteiger partial charge is 0.294 e. The lowest BCUT2D eigenvalue weighted by Gasteiger charge is -2.35. The first-order valence-electron chi connectivity index (χ1n) is 15.2. The highest BCUT2D eigenvalue weighted by Crippen LogP contribution is 2.21. The highest BCUT2D eigenvalue weighted by atomic mass is 19.1. The number of anilines is 1. The van der Waals surface area contributed by atoms with Crippen molar-refractivity contribution < 1.29 is 27.9 Å². The molecule has 5 aromatic rings. The highest BCUT2D eigenvalue weighted by molar-refractivity contribution is 6.41. The van der Waals surface area contributed by atoms with Crippen LogP contribution in [0.2, 0.25) is 0 Å². The van der Waals surface area contributed by atoms with Gasteiger partial charge in [-0.1, -0.05) is 24.3 Å². The average molecular weight is 654 g/mol. The van der Waals surface area contributed by atoms with Gasteiger partial charge in [-0.15, -0.1) is 0 Å². The first-order chi connectivity index (χ1) is 23.2. The number of nitrogens with zero attached hydrogens (tertiary/aromatic N) is 5. The summed E-state index contributed by atoms with van der Waals surface area (Å²) in [6.45, 7) is 1.16. The second kappa shape index (κ2) is 13.8. The van der Waals surface area contributed by atoms with E-state index in [0.29, 0.717) is 19.2 Å². The Labute approximate surface area is 273 Å². The molecule has 1 fully saturated rings. The van der Waals surface area contributed by atoms with Crippen molar-refractivity contribution in [2.45, 2.75) is 13.0 Å². The average Bonchev–Trinajstić information content (AvgIpc) is 3.64. The second-order valence-electron chi connectivity index (χ2n) is 11.3. The number of carbonyl (C=O) groups is 2. The molecule has 1 N–H and O–H groups in total. The van der Waals surface area contributed by atoms with Crippen LogP contribution in [0.15, 0.2) is 108 Å². The van der Waals surface area contributed by atoms with Gasteiger partial charge in [0.05, 0.1) is 17.8 Å². The van der Waals surface area contributed by atoms with E-state index in [0.717, 1.165) is 28.1 Å². The van der Waals surface area contributed by atoms with Gasteiger partial charge in [0.25, 0.3) is 11.5 Å². The van der Waals surface area contributed by atoms with Gasteiger partial charge in [-0.3, -0.25) is 14.4 Å². The van der Waals surface area contributed by atoms with Crippen LogP contribution in [0.25, 0.3) is 11.4 Å². The molecule has 0 saturated carbocycles. The molecule has 48 heavy (non-hydrogen) atoms. The Morgan fingerprint density at radius 2 is 1.50 bits per heavy atom. The van der Waals surface area contributed by atoms with Crippen molar-refractivity contribution in [2.24, 2.45) is 0 Å². The van der Waals surface area contributed by atoms with Gasteiger partial charge in [0, 0.05) is 74.1 Å². The molecule has 1 aliphatic heterocycles. The lowest BCUT2D eigenvalue weighted by molar-refractivity contribution is -0.142. The number of piperazine rings is 1. The Balaban J connectivity index is 1.20. The van der Waals surface area contributed by atoms with Crippen LogP contribution in [0.3, 0.4) is 0 Å². The topological polar surface area (TPSA) is 101 Å². The van der Waals surface area contributed by atoms with E-state index in [1.165, 1.54) is 41.4 Å². The number of pyridine rings is 1. The van der Waals surface area contributed by atoms with Crippen molar-refractivity contribution in [3.8, 4) is 5.69 Å². The maximum Gasteiger partial charge on any atom is 0.294 e. The summed E-state index contributed by atoms with van der Waals surface area (Å²) in [5.41, 5.74) is 0.756. The normalized spacial score (nSPS) is 13.5. The first kappa shape index (κ1) is 32.0. The molecule has 0 unspecified atom stereocenters. The van der Waals surface area contributed by atoms with E-state index in [-0.39, 0.29) is 48.3 Å². The summed E-state index contributed by atoms with van der Waals surface area (Å²) in [5, 5.41) is 15.2. The van der Waals surface area contributed by atoms with Crippen molar-refractivity contribution in [1.82, 2.24) is 19.2 Å². The molecule has 12 heteroatoms. The molecule has 1 aliphatic rings. The number of rotatable bonds is 9. The lowest BCUT2D eigenvalue weighted by Crippen LogP contribution is -2.50. The van der Waals surface area contributed by atoms with Gasteiger partial charge in [0.15, 0.2) is 0 Å². The molecule has 3 aromatic carbocycles. The van der Waals surface area contributed by atoms with Gasteiger partial charge < -0.3 is 19.5 Å². The molecular formula is C36H30F3N5O4. The quantitative estimate of drug-likeness (QED) is 0.138. The third kappa shape index (κ3) is 6.92. The molecule has 0 spiro atoms. The molecule has 0 bridgehead atoms. The summed E-state index contributed by atoms with van der Waals surface area (Å²) < 4.78 is 46.3. The van der Waals surface area contributed by atoms with Gasteiger partial charge in [-0.05, 0) is 60.2 Å². The maximum absolute atomic E-state index is 14.5. The fraction of sp³-hybridized carbons (Fsp3) is 0.167. The summed E-state index contributed by atoms with van der Waals surface area (Å²) in [4.78, 5) is 43.0. The van der Waals surface area contributed by atoms with E-state index in [1.54, 1.807) is 16.9 Å². The van der Waals surface area contributed by atoms with Crippen molar-refractivity contribution in [1.29, 1.82) is 0 Å². The van der Waals surface area contributed by atoms with E-state index in [1.807, 2.05) is 36.5 Å². The third-order valence-electron chi connectivity index (χ3n) is 8.19. The third-order valence-corrected chi connectivity index (χ3v) is 8.19. The SMILES string of the molecule is O=C(C=C(O)c1cc(Cc2c(F)cccc2F)cn(Cc2ccccc2F)c1=O)C(=O)N1CCN(c2ccc(-n3cccn3)cc2)CC1. The number of aliphatic hydroxyl groups is 1. The summed E-state index contributed by atoms with van der Waals surface area (Å²) in [6.07, 6.45) is 5.21. The number of carbonyl (C=O) groups excluding carboxylic acids is 2. The maximum atomic E-state index is 14.5. The molecular weight excluding hydrogens is 623 g/mol. The van der Waals surface area contributed by atoms with Crippen LogP contribution in [0.1, 0.15) is 22.3 Å². The number of hydrogen-bond donors (Lipinski definition) is 1. The minimum atomic E-state index is -1.05. The van der Waals surface area contributed by atoms with E-state index in [9.17, 15) is 32.7 Å². The molecule has 6 rings (SSSR count). The Morgan fingerprint density at radius 3 is 2.17 bits per heavy atom. The van der Waals surface area contributed by atoms with Crippen LogP contribution in [-0.2, 0) is 22.6 Å².